The van der Waals surface area contributed by atoms with E-state index in [4.69, 9.17) is 0 Å². The van der Waals surface area contributed by atoms with Gasteiger partial charge in [-0.15, -0.1) is 0 Å². The van der Waals surface area contributed by atoms with E-state index in [0.29, 0.717) is 76.9 Å². The second-order valence-corrected chi connectivity index (χ2v) is 28.6. The fourth-order valence-corrected chi connectivity index (χ4v) is 14.2. The minimum absolute atomic E-state index is 0. The zero-order chi connectivity index (χ0) is 67.0. The van der Waals surface area contributed by atoms with Crippen LogP contribution in [-0.4, -0.2) is 27.8 Å². The van der Waals surface area contributed by atoms with Crippen LogP contribution in [-0.2, 0) is 16.5 Å². The molecule has 0 aromatic heterocycles. The van der Waals surface area contributed by atoms with Crippen molar-refractivity contribution in [1.82, 2.24) is 0 Å². The summed E-state index contributed by atoms with van der Waals surface area (Å²) in [6.07, 6.45) is 72.3. The molecule has 0 saturated carbocycles. The van der Waals surface area contributed by atoms with Crippen LogP contribution in [0.5, 0.6) is 0 Å². The van der Waals surface area contributed by atoms with Crippen LogP contribution < -0.4 is 0 Å². The van der Waals surface area contributed by atoms with Crippen LogP contribution in [0.15, 0.2) is 59.7 Å². The summed E-state index contributed by atoms with van der Waals surface area (Å²) in [5.74, 6) is 0.0404. The Bertz CT molecular complexity index is 2410. The average Bonchev–Trinajstić information content (AvgIpc) is 1.59. The smallest absolute Gasteiger partial charge is 0.493 e. The van der Waals surface area contributed by atoms with Crippen molar-refractivity contribution in [2.75, 3.05) is 0 Å². The van der Waals surface area contributed by atoms with Crippen LogP contribution in [0.3, 0.4) is 0 Å². The van der Waals surface area contributed by atoms with Gasteiger partial charge in [0.15, 0.2) is 23.1 Å². The standard InChI is InChI=1S/C87H144N2O4.Ni/c1-7-13-18-23-28-33-34-35-36-37-38-39-40-41-42-47-48-53-58-63-79-76(12-6)86(74-68-70-77(82(90)64-59-54-49-43-29-24-19-14-8-2)80(72-74)84(92)66-61-56-51-45-31-26-21-16-10-4)89(88)87(79)75-69-71-78(83(91)65-60-55-50-44-30-25-20-15-9-3)81(73-75)85(93)67-62-57-52-46-32-27-22-17-11-5;/h58,63,68-73H,7-57,59-62,64-67H2,1-6H3;/q;+2/b63-58+;. The summed E-state index contributed by atoms with van der Waals surface area (Å²) >= 11 is 0. The molecule has 1 heterocycles. The Labute approximate surface area is 590 Å². The molecule has 6 nitrogen and oxygen atoms in total. The third-order valence-corrected chi connectivity index (χ3v) is 20.2. The van der Waals surface area contributed by atoms with Gasteiger partial charge < -0.3 is 5.53 Å². The first-order valence-electron chi connectivity index (χ1n) is 40.7. The third-order valence-electron chi connectivity index (χ3n) is 20.2. The van der Waals surface area contributed by atoms with E-state index in [2.05, 4.69) is 53.7 Å². The van der Waals surface area contributed by atoms with Crippen LogP contribution in [0, 0.1) is 0 Å². The van der Waals surface area contributed by atoms with E-state index < -0.39 is 0 Å². The van der Waals surface area contributed by atoms with Gasteiger partial charge in [0.1, 0.15) is 0 Å². The molecule has 534 valence electrons. The van der Waals surface area contributed by atoms with Gasteiger partial charge in [0.05, 0.1) is 5.57 Å². The van der Waals surface area contributed by atoms with Gasteiger partial charge in [-0.05, 0) is 81.3 Å². The summed E-state index contributed by atoms with van der Waals surface area (Å²) in [6, 6.07) is 11.5. The summed E-state index contributed by atoms with van der Waals surface area (Å²) in [7, 11) is 0. The van der Waals surface area contributed by atoms with Crippen LogP contribution >= 0.6 is 0 Å². The summed E-state index contributed by atoms with van der Waals surface area (Å²) in [5, 5.41) is 0. The number of ketones is 4. The largest absolute Gasteiger partial charge is 2.00 e. The van der Waals surface area contributed by atoms with E-state index in [1.54, 1.807) is 0 Å². The van der Waals surface area contributed by atoms with Gasteiger partial charge in [0.25, 0.3) is 0 Å². The van der Waals surface area contributed by atoms with Gasteiger partial charge in [-0.2, -0.15) is 0 Å². The molecule has 3 rings (SSSR count). The quantitative estimate of drug-likeness (QED) is 0.0285. The molecule has 1 aliphatic rings. The first kappa shape index (κ1) is 86.5. The number of Topliss-reactive ketones (excluding diaryl/α,β-unsaturated/α-hetero) is 4. The number of unbranched alkanes of at least 4 members (excludes halogenated alkanes) is 49. The van der Waals surface area contributed by atoms with Gasteiger partial charge in [-0.3, -0.25) is 19.2 Å². The Morgan fingerprint density at radius 3 is 0.809 bits per heavy atom. The maximum Gasteiger partial charge on any atom is 2.00 e. The summed E-state index contributed by atoms with van der Waals surface area (Å²) in [4.78, 5) is 58.0. The third kappa shape index (κ3) is 38.0. The molecule has 7 heteroatoms. The Hall–Kier alpha value is -3.57. The number of carbonyl (C=O) groups excluding carboxylic acids is 4. The van der Waals surface area contributed by atoms with Crippen molar-refractivity contribution in [3.8, 4) is 0 Å². The molecule has 0 fully saturated rings. The molecule has 0 unspecified atom stereocenters. The number of carbonyl (C=O) groups is 4. The summed E-state index contributed by atoms with van der Waals surface area (Å²) < 4.78 is 1.30. The van der Waals surface area contributed by atoms with E-state index in [0.717, 1.165) is 101 Å². The molecule has 0 atom stereocenters. The normalized spacial score (nSPS) is 12.5. The maximum atomic E-state index is 14.7. The van der Waals surface area contributed by atoms with E-state index in [9.17, 15) is 24.7 Å². The number of hydrogen-bond donors (Lipinski definition) is 0. The monoisotopic (exact) mass is 1340 g/mol. The van der Waals surface area contributed by atoms with Crippen molar-refractivity contribution in [2.24, 2.45) is 0 Å². The van der Waals surface area contributed by atoms with Crippen LogP contribution in [0.2, 0.25) is 0 Å². The van der Waals surface area contributed by atoms with Crippen molar-refractivity contribution >= 4 is 34.5 Å². The van der Waals surface area contributed by atoms with Gasteiger partial charge in [-0.1, -0.05) is 362 Å². The molecule has 0 saturated heterocycles. The molecule has 0 radical (unpaired) electrons. The number of allylic oxidation sites excluding steroid dienone is 4. The van der Waals surface area contributed by atoms with Crippen LogP contribution in [0.25, 0.3) is 16.9 Å². The van der Waals surface area contributed by atoms with Crippen molar-refractivity contribution in [1.29, 1.82) is 0 Å². The number of rotatable bonds is 66. The molecule has 0 amide bonds. The van der Waals surface area contributed by atoms with E-state index in [-0.39, 0.29) is 39.6 Å². The summed E-state index contributed by atoms with van der Waals surface area (Å²) in [5.41, 5.74) is 19.3. The van der Waals surface area contributed by atoms with E-state index in [1.807, 2.05) is 36.4 Å². The van der Waals surface area contributed by atoms with Crippen molar-refractivity contribution in [3.05, 3.63) is 98.6 Å². The predicted octanol–water partition coefficient (Wildman–Crippen LogP) is 29.3. The second-order valence-electron chi connectivity index (χ2n) is 28.6. The molecule has 94 heavy (non-hydrogen) atoms. The van der Waals surface area contributed by atoms with E-state index >= 15 is 0 Å². The van der Waals surface area contributed by atoms with Gasteiger partial charge in [0.2, 0.25) is 11.4 Å². The fourth-order valence-electron chi connectivity index (χ4n) is 14.2. The zero-order valence-corrected chi connectivity index (χ0v) is 63.2. The van der Waals surface area contributed by atoms with Crippen LogP contribution in [0.4, 0.5) is 0 Å². The minimum atomic E-state index is -0.00380. The Balaban J connectivity index is 0.0000301. The molecular weight excluding hydrogens is 1200 g/mol. The minimum Gasteiger partial charge on any atom is -0.493 e. The van der Waals surface area contributed by atoms with Crippen LogP contribution in [0.1, 0.15) is 473 Å². The molecule has 0 aliphatic carbocycles. The molecule has 0 spiro atoms. The number of nitrogens with zero attached hydrogens (tertiary/aromatic N) is 2. The molecular formula is C87H144N2NiO4+2. The first-order chi connectivity index (χ1) is 45.7. The molecule has 0 N–H and O–H groups in total. The second kappa shape index (κ2) is 59.5. The Kier molecular flexibility index (Phi) is 54.8. The Morgan fingerprint density at radius 2 is 0.543 bits per heavy atom. The molecule has 2 aromatic rings. The fraction of sp³-hybridized carbons (Fsp3) is 0.747. The number of hydrogen-bond acceptors (Lipinski definition) is 4. The predicted molar refractivity (Wildman–Crippen MR) is 403 cm³/mol. The summed E-state index contributed by atoms with van der Waals surface area (Å²) in [6.45, 7) is 13.4. The molecule has 1 aliphatic heterocycles. The first-order valence-corrected chi connectivity index (χ1v) is 40.7. The van der Waals surface area contributed by atoms with Crippen molar-refractivity contribution < 1.29 is 40.4 Å². The average molecular weight is 1340 g/mol. The van der Waals surface area contributed by atoms with Crippen molar-refractivity contribution in [3.63, 3.8) is 0 Å². The van der Waals surface area contributed by atoms with Crippen molar-refractivity contribution in [2.45, 2.75) is 420 Å². The zero-order valence-electron chi connectivity index (χ0n) is 62.2. The van der Waals surface area contributed by atoms with Gasteiger partial charge >= 0.3 is 16.5 Å². The Morgan fingerprint density at radius 1 is 0.309 bits per heavy atom. The van der Waals surface area contributed by atoms with E-state index in [1.165, 1.54) is 262 Å². The molecule has 0 bridgehead atoms. The SMILES string of the molecule is CCCCCCCCCCCCCCCCCCC/C=C/C1=C(c2ccc(C(=O)CCCCCCCCCCC)c(C(=O)CCCCCCCCCCC)c2)[N+](=[N-])C(c2ccc(C(=O)CCCCCCCCCCC)c(C(=O)CCCCCCCCCCC)c2)=C1CC.[Ni+2]. The number of benzene rings is 2. The topological polar surface area (TPSA) is 93.6 Å². The maximum absolute atomic E-state index is 14.7. The van der Waals surface area contributed by atoms with Gasteiger partial charge in [0, 0.05) is 64.6 Å². The van der Waals surface area contributed by atoms with Gasteiger partial charge in [-0.25, -0.2) is 4.70 Å². The molecule has 2 aromatic carbocycles.